The number of aryl methyl sites for hydroxylation is 1. The summed E-state index contributed by atoms with van der Waals surface area (Å²) in [5, 5.41) is 0. The number of hydrogen-bond donors (Lipinski definition) is 0. The Labute approximate surface area is 133 Å². The van der Waals surface area contributed by atoms with Crippen molar-refractivity contribution in [1.29, 1.82) is 0 Å². The number of benzene rings is 1. The van der Waals surface area contributed by atoms with Gasteiger partial charge in [0.1, 0.15) is 5.82 Å². The average molecular weight is 316 g/mol. The number of amides is 1. The zero-order valence-corrected chi connectivity index (χ0v) is 13.0. The van der Waals surface area contributed by atoms with E-state index in [0.29, 0.717) is 23.7 Å². The molecule has 114 valence electrons. The first-order valence-electron chi connectivity index (χ1n) is 7.31. The number of carbonyl (C=O) groups is 1. The van der Waals surface area contributed by atoms with Crippen LogP contribution in [0.2, 0.25) is 0 Å². The van der Waals surface area contributed by atoms with Gasteiger partial charge in [-0.25, -0.2) is 4.39 Å². The number of rotatable bonds is 4. The molecule has 0 saturated heterocycles. The Bertz CT molecular complexity index is 663. The molecule has 0 unspecified atom stereocenters. The van der Waals surface area contributed by atoms with E-state index in [0.717, 1.165) is 24.1 Å². The maximum absolute atomic E-state index is 14.1. The number of para-hydroxylation sites is 1. The van der Waals surface area contributed by atoms with Gasteiger partial charge in [0.25, 0.3) is 0 Å². The van der Waals surface area contributed by atoms with Gasteiger partial charge in [0.15, 0.2) is 0 Å². The molecule has 0 aliphatic carbocycles. The number of aromatic nitrogens is 1. The summed E-state index contributed by atoms with van der Waals surface area (Å²) in [5.41, 5.74) is 2.34. The maximum atomic E-state index is 14.1. The molecule has 1 aromatic carbocycles. The zero-order chi connectivity index (χ0) is 15.4. The predicted octanol–water partition coefficient (Wildman–Crippen LogP) is 3.43. The molecule has 0 N–H and O–H groups in total. The van der Waals surface area contributed by atoms with Crippen molar-refractivity contribution in [3.05, 3.63) is 59.7 Å². The van der Waals surface area contributed by atoms with E-state index < -0.39 is 0 Å². The molecular weight excluding hydrogens is 299 g/mol. The van der Waals surface area contributed by atoms with E-state index in [9.17, 15) is 9.18 Å². The normalized spacial score (nSPS) is 13.8. The van der Waals surface area contributed by atoms with Crippen molar-refractivity contribution in [2.75, 3.05) is 17.2 Å². The number of halogens is 1. The summed E-state index contributed by atoms with van der Waals surface area (Å²) in [6.45, 7) is 0.594. The molecule has 1 aliphatic heterocycles. The first kappa shape index (κ1) is 15.0. The van der Waals surface area contributed by atoms with Crippen molar-refractivity contribution < 1.29 is 9.18 Å². The highest BCUT2D eigenvalue weighted by Crippen LogP contribution is 2.30. The number of thioether (sulfide) groups is 1. The Kier molecular flexibility index (Phi) is 4.73. The fraction of sp³-hybridized carbons (Fsp3) is 0.294. The molecule has 1 amide bonds. The first-order valence-corrected chi connectivity index (χ1v) is 8.46. The molecule has 5 heteroatoms. The van der Waals surface area contributed by atoms with Gasteiger partial charge in [0.2, 0.25) is 5.91 Å². The Morgan fingerprint density at radius 1 is 1.27 bits per heavy atom. The van der Waals surface area contributed by atoms with Gasteiger partial charge in [-0.15, -0.1) is 11.8 Å². The monoisotopic (exact) mass is 316 g/mol. The van der Waals surface area contributed by atoms with Crippen molar-refractivity contribution in [3.63, 3.8) is 0 Å². The number of nitrogens with zero attached hydrogens (tertiary/aromatic N) is 2. The number of hydrogen-bond acceptors (Lipinski definition) is 3. The Morgan fingerprint density at radius 2 is 2.18 bits per heavy atom. The second-order valence-electron chi connectivity index (χ2n) is 5.21. The first-order chi connectivity index (χ1) is 10.8. The van der Waals surface area contributed by atoms with Crippen molar-refractivity contribution in [3.8, 4) is 0 Å². The number of anilines is 1. The second-order valence-corrected chi connectivity index (χ2v) is 6.20. The molecule has 0 atom stereocenters. The highest BCUT2D eigenvalue weighted by molar-refractivity contribution is 7.99. The van der Waals surface area contributed by atoms with Crippen LogP contribution >= 0.6 is 11.8 Å². The second kappa shape index (κ2) is 6.92. The van der Waals surface area contributed by atoms with Gasteiger partial charge in [-0.05, 0) is 36.6 Å². The summed E-state index contributed by atoms with van der Waals surface area (Å²) < 4.78 is 14.1. The van der Waals surface area contributed by atoms with Crippen LogP contribution in [0.15, 0.2) is 42.6 Å². The summed E-state index contributed by atoms with van der Waals surface area (Å²) >= 11 is 1.51. The number of carbonyl (C=O) groups excluding carboxylic acids is 1. The summed E-state index contributed by atoms with van der Waals surface area (Å²) in [6.07, 6.45) is 3.46. The van der Waals surface area contributed by atoms with Crippen molar-refractivity contribution in [2.24, 2.45) is 0 Å². The fourth-order valence-electron chi connectivity index (χ4n) is 2.66. The lowest BCUT2D eigenvalue weighted by molar-refractivity contribution is -0.116. The quantitative estimate of drug-likeness (QED) is 0.866. The Balaban J connectivity index is 1.64. The van der Waals surface area contributed by atoms with Gasteiger partial charge in [-0.2, -0.15) is 0 Å². The molecular formula is C17H17FN2OS. The van der Waals surface area contributed by atoms with E-state index in [4.69, 9.17) is 0 Å². The van der Waals surface area contributed by atoms with Gasteiger partial charge >= 0.3 is 0 Å². The minimum atomic E-state index is -0.305. The molecule has 22 heavy (non-hydrogen) atoms. The topological polar surface area (TPSA) is 33.2 Å². The lowest BCUT2D eigenvalue weighted by atomic mass is 10.0. The van der Waals surface area contributed by atoms with Crippen molar-refractivity contribution in [1.82, 2.24) is 4.98 Å². The molecule has 2 heterocycles. The molecule has 1 aliphatic rings. The third-order valence-corrected chi connectivity index (χ3v) is 4.62. The summed E-state index contributed by atoms with van der Waals surface area (Å²) in [7, 11) is 0. The number of fused-ring (bicyclic) bond motifs is 1. The number of pyridine rings is 1. The third kappa shape index (κ3) is 3.30. The third-order valence-electron chi connectivity index (χ3n) is 3.67. The van der Waals surface area contributed by atoms with Gasteiger partial charge in [0.05, 0.1) is 17.1 Å². The van der Waals surface area contributed by atoms with E-state index in [1.807, 2.05) is 24.3 Å². The summed E-state index contributed by atoms with van der Waals surface area (Å²) in [5.74, 6) is 0.682. The predicted molar refractivity (Wildman–Crippen MR) is 87.5 cm³/mol. The largest absolute Gasteiger partial charge is 0.309 e. The Hall–Kier alpha value is -1.88. The van der Waals surface area contributed by atoms with Crippen LogP contribution in [0.25, 0.3) is 0 Å². The van der Waals surface area contributed by atoms with Crippen molar-refractivity contribution >= 4 is 23.4 Å². The van der Waals surface area contributed by atoms with Crippen molar-refractivity contribution in [2.45, 2.75) is 18.6 Å². The SMILES string of the molecule is O=C(CSCc1ccccn1)N1CCCc2cccc(F)c21. The standard InChI is InChI=1S/C17H17FN2OS/c18-15-8-3-5-13-6-4-10-20(17(13)15)16(21)12-22-11-14-7-1-2-9-19-14/h1-3,5,7-9H,4,6,10-12H2. The van der Waals surface area contributed by atoms with E-state index in [2.05, 4.69) is 4.98 Å². The molecule has 3 rings (SSSR count). The van der Waals surface area contributed by atoms with Crippen LogP contribution in [0.1, 0.15) is 17.7 Å². The molecule has 3 nitrogen and oxygen atoms in total. The maximum Gasteiger partial charge on any atom is 0.237 e. The summed E-state index contributed by atoms with van der Waals surface area (Å²) in [4.78, 5) is 18.3. The lowest BCUT2D eigenvalue weighted by Gasteiger charge is -2.29. The van der Waals surface area contributed by atoms with Gasteiger partial charge in [-0.1, -0.05) is 18.2 Å². The molecule has 0 spiro atoms. The molecule has 0 bridgehead atoms. The zero-order valence-electron chi connectivity index (χ0n) is 12.2. The van der Waals surface area contributed by atoms with E-state index in [1.165, 1.54) is 17.8 Å². The smallest absolute Gasteiger partial charge is 0.237 e. The minimum absolute atomic E-state index is 0.0352. The van der Waals surface area contributed by atoms with Crippen LogP contribution in [0, 0.1) is 5.82 Å². The van der Waals surface area contributed by atoms with Crippen LogP contribution < -0.4 is 4.90 Å². The minimum Gasteiger partial charge on any atom is -0.309 e. The highest BCUT2D eigenvalue weighted by Gasteiger charge is 2.25. The van der Waals surface area contributed by atoms with Gasteiger partial charge < -0.3 is 4.90 Å². The Morgan fingerprint density at radius 3 is 3.00 bits per heavy atom. The fourth-order valence-corrected chi connectivity index (χ4v) is 3.47. The average Bonchev–Trinajstić information content (AvgIpc) is 2.55. The van der Waals surface area contributed by atoms with Crippen LogP contribution in [0.5, 0.6) is 0 Å². The van der Waals surface area contributed by atoms with Crippen LogP contribution in [0.3, 0.4) is 0 Å². The van der Waals surface area contributed by atoms with Crippen LogP contribution in [-0.4, -0.2) is 23.2 Å². The lowest BCUT2D eigenvalue weighted by Crippen LogP contribution is -2.37. The highest BCUT2D eigenvalue weighted by atomic mass is 32.2. The molecule has 0 fully saturated rings. The van der Waals surface area contributed by atoms with Gasteiger partial charge in [0, 0.05) is 18.5 Å². The molecule has 1 aromatic heterocycles. The molecule has 2 aromatic rings. The van der Waals surface area contributed by atoms with Crippen LogP contribution in [0.4, 0.5) is 10.1 Å². The molecule has 0 saturated carbocycles. The molecule has 0 radical (unpaired) electrons. The van der Waals surface area contributed by atoms with E-state index in [-0.39, 0.29) is 11.7 Å². The van der Waals surface area contributed by atoms with Gasteiger partial charge in [-0.3, -0.25) is 9.78 Å². The summed E-state index contributed by atoms with van der Waals surface area (Å²) in [6, 6.07) is 10.8. The van der Waals surface area contributed by atoms with E-state index in [1.54, 1.807) is 17.2 Å². The van der Waals surface area contributed by atoms with Crippen LogP contribution in [-0.2, 0) is 17.0 Å². The van der Waals surface area contributed by atoms with E-state index >= 15 is 0 Å².